The maximum atomic E-state index is 14.1. The topological polar surface area (TPSA) is 323 Å². The largest absolute Gasteiger partial charge is 0.507 e. The number of amides is 5. The van der Waals surface area contributed by atoms with E-state index in [4.69, 9.17) is 33.2 Å². The van der Waals surface area contributed by atoms with Crippen molar-refractivity contribution in [3.8, 4) is 17.2 Å². The van der Waals surface area contributed by atoms with Gasteiger partial charge < -0.3 is 59.3 Å². The van der Waals surface area contributed by atoms with Crippen molar-refractivity contribution in [3.63, 3.8) is 0 Å². The molecule has 82 heavy (non-hydrogen) atoms. The van der Waals surface area contributed by atoms with Crippen LogP contribution in [-0.2, 0) is 64.7 Å². The minimum atomic E-state index is -1.13. The normalized spacial score (nSPS) is 20.2. The first-order chi connectivity index (χ1) is 39.7. The van der Waals surface area contributed by atoms with E-state index in [0.717, 1.165) is 11.4 Å². The van der Waals surface area contributed by atoms with Crippen LogP contribution < -0.4 is 36.9 Å². The fourth-order valence-electron chi connectivity index (χ4n) is 9.91. The van der Waals surface area contributed by atoms with E-state index in [1.807, 2.05) is 6.92 Å². The van der Waals surface area contributed by atoms with Crippen molar-refractivity contribution in [1.82, 2.24) is 42.1 Å². The van der Waals surface area contributed by atoms with Crippen molar-refractivity contribution in [3.05, 3.63) is 86.7 Å². The molecule has 0 spiro atoms. The fraction of sp³-hybridized carbons (Fsp3) is 0.509. The number of methoxy groups -OCH3 is 1. The average Bonchev–Trinajstić information content (AvgIpc) is 1.42. The molecule has 2 aliphatic carbocycles. The zero-order valence-corrected chi connectivity index (χ0v) is 49.2. The van der Waals surface area contributed by atoms with Crippen molar-refractivity contribution in [2.24, 2.45) is 5.92 Å². The first kappa shape index (κ1) is 62.2. The first-order valence-electron chi connectivity index (χ1n) is 26.9. The number of ketones is 2. The number of hydrazine groups is 1. The number of nitrogens with one attached hydrogen (secondary N) is 6. The molecule has 2 saturated heterocycles. The molecule has 6 atom stereocenters. The summed E-state index contributed by atoms with van der Waals surface area (Å²) in [6, 6.07) is 9.64. The number of hydrogen-bond acceptors (Lipinski definition) is 20. The molecule has 5 amide bonds. The van der Waals surface area contributed by atoms with E-state index in [1.165, 1.54) is 37.1 Å². The number of thioether (sulfide) groups is 1. The molecule has 3 aromatic carbocycles. The summed E-state index contributed by atoms with van der Waals surface area (Å²) >= 11 is 8.05. The number of fused-ring (bicyclic) bond motifs is 4. The van der Waals surface area contributed by atoms with Crippen LogP contribution in [0, 0.1) is 5.92 Å². The van der Waals surface area contributed by atoms with Gasteiger partial charge in [0, 0.05) is 90.0 Å². The minimum absolute atomic E-state index is 0.0238. The maximum Gasteiger partial charge on any atom is 0.251 e. The van der Waals surface area contributed by atoms with Crippen LogP contribution in [0.3, 0.4) is 0 Å². The van der Waals surface area contributed by atoms with E-state index >= 15 is 0 Å². The lowest BCUT2D eigenvalue weighted by molar-refractivity contribution is -0.255. The quantitative estimate of drug-likeness (QED) is 0.0170. The number of morpholine rings is 1. The highest BCUT2D eigenvalue weighted by Crippen LogP contribution is 2.52. The highest BCUT2D eigenvalue weighted by Gasteiger charge is 2.45. The Morgan fingerprint density at radius 3 is 2.28 bits per heavy atom. The summed E-state index contributed by atoms with van der Waals surface area (Å²) in [5, 5.41) is 36.5. The monoisotopic (exact) mass is 1280 g/mol. The van der Waals surface area contributed by atoms with Crippen LogP contribution in [0.5, 0.6) is 17.2 Å². The van der Waals surface area contributed by atoms with Gasteiger partial charge in [0.15, 0.2) is 12.1 Å². The van der Waals surface area contributed by atoms with Crippen molar-refractivity contribution >= 4 is 95.8 Å². The number of rotatable bonds is 26. The standard InChI is InChI=1S/C55H66Br2N8O16S/c1-29-38(80-44-27-78-18-14-60-44)8-9-45(79-29)81-40-24-31(22-33-47(40)53(72)49-48(51(33)70)50(69)32-4-3-5-39(75-2)46(32)52(49)71)55(74)65-64-42(67)11-21-82-28-43(68)59-13-12-58-41(66)10-16-76-19-20-77-17-15-61-54(73)30-6-7-34-35(23-30)63-37(26-57)36(25-56)62-34/h3-7,23,29,31,38,40,44-45,60,70,72H,8-22,24-28H2,1-2H3,(H,58,66)(H,59,68)(H,61,73)(H,64,67)(H,65,74)/t29-,31?,38-,40-,44+,45-/m0/s1. The lowest BCUT2D eigenvalue weighted by Crippen LogP contribution is -2.49. The number of carbonyl (C=O) groups excluding carboxylic acids is 7. The Balaban J connectivity index is 0.718. The van der Waals surface area contributed by atoms with Gasteiger partial charge in [-0.1, -0.05) is 44.0 Å². The van der Waals surface area contributed by atoms with Crippen LogP contribution in [0.15, 0.2) is 36.4 Å². The lowest BCUT2D eigenvalue weighted by atomic mass is 9.74. The van der Waals surface area contributed by atoms with Crippen molar-refractivity contribution in [1.29, 1.82) is 0 Å². The highest BCUT2D eigenvalue weighted by atomic mass is 79.9. The van der Waals surface area contributed by atoms with Gasteiger partial charge in [-0.3, -0.25) is 49.7 Å². The Bertz CT molecular complexity index is 3010. The summed E-state index contributed by atoms with van der Waals surface area (Å²) in [4.78, 5) is 101. The van der Waals surface area contributed by atoms with Crippen LogP contribution in [0.1, 0.15) is 110 Å². The van der Waals surface area contributed by atoms with Crippen molar-refractivity contribution in [2.45, 2.75) is 86.9 Å². The Morgan fingerprint density at radius 1 is 0.805 bits per heavy atom. The summed E-state index contributed by atoms with van der Waals surface area (Å²) < 4.78 is 40.9. The molecule has 27 heteroatoms. The zero-order valence-electron chi connectivity index (χ0n) is 45.2. The van der Waals surface area contributed by atoms with Crippen LogP contribution >= 0.6 is 43.6 Å². The molecule has 8 rings (SSSR count). The molecule has 4 aromatic rings. The molecule has 442 valence electrons. The molecular formula is C55H66Br2N8O16S. The summed E-state index contributed by atoms with van der Waals surface area (Å²) in [6.45, 7) is 5.06. The number of hydrogen-bond donors (Lipinski definition) is 8. The second-order valence-electron chi connectivity index (χ2n) is 19.5. The summed E-state index contributed by atoms with van der Waals surface area (Å²) in [5.41, 5.74) is 7.43. The highest BCUT2D eigenvalue weighted by molar-refractivity contribution is 9.09. The van der Waals surface area contributed by atoms with Gasteiger partial charge in [0.05, 0.1) is 110 Å². The van der Waals surface area contributed by atoms with Gasteiger partial charge in [-0.15, -0.1) is 0 Å². The number of benzene rings is 3. The van der Waals surface area contributed by atoms with Crippen LogP contribution in [0.25, 0.3) is 11.0 Å². The van der Waals surface area contributed by atoms with E-state index in [1.54, 1.807) is 18.2 Å². The fourth-order valence-corrected chi connectivity index (χ4v) is 11.6. The summed E-state index contributed by atoms with van der Waals surface area (Å²) in [6.07, 6.45) is -2.38. The van der Waals surface area contributed by atoms with Gasteiger partial charge in [0.1, 0.15) is 23.5 Å². The third-order valence-electron chi connectivity index (χ3n) is 14.0. The Kier molecular flexibility index (Phi) is 22.8. The molecule has 2 aliphatic heterocycles. The second-order valence-corrected chi connectivity index (χ2v) is 21.8. The molecule has 1 aromatic heterocycles. The number of phenolic OH excluding ortho intramolecular Hbond substituents is 2. The summed E-state index contributed by atoms with van der Waals surface area (Å²) in [5.74, 6) is -5.21. The zero-order chi connectivity index (χ0) is 58.3. The number of halogens is 2. The third-order valence-corrected chi connectivity index (χ3v) is 16.1. The van der Waals surface area contributed by atoms with Gasteiger partial charge in [0.2, 0.25) is 29.4 Å². The van der Waals surface area contributed by atoms with E-state index < -0.39 is 70.4 Å². The third kappa shape index (κ3) is 15.7. The number of carbonyl (C=O) groups is 7. The Morgan fingerprint density at radius 2 is 1.55 bits per heavy atom. The maximum absolute atomic E-state index is 14.1. The van der Waals surface area contributed by atoms with Crippen molar-refractivity contribution < 1.29 is 76.9 Å². The number of aromatic hydroxyl groups is 2. The molecule has 24 nitrogen and oxygen atoms in total. The van der Waals surface area contributed by atoms with Gasteiger partial charge in [-0.25, -0.2) is 9.97 Å². The number of ether oxygens (including phenoxy) is 7. The molecule has 1 unspecified atom stereocenters. The van der Waals surface area contributed by atoms with E-state index in [2.05, 4.69) is 73.9 Å². The average molecular weight is 1290 g/mol. The predicted molar refractivity (Wildman–Crippen MR) is 304 cm³/mol. The Labute approximate surface area is 493 Å². The van der Waals surface area contributed by atoms with E-state index in [0.29, 0.717) is 59.9 Å². The van der Waals surface area contributed by atoms with Gasteiger partial charge in [0.25, 0.3) is 5.91 Å². The van der Waals surface area contributed by atoms with Crippen molar-refractivity contribution in [2.75, 3.05) is 84.4 Å². The molecule has 0 bridgehead atoms. The first-order valence-corrected chi connectivity index (χ1v) is 30.3. The molecule has 0 saturated carbocycles. The predicted octanol–water partition coefficient (Wildman–Crippen LogP) is 3.45. The lowest BCUT2D eigenvalue weighted by Gasteiger charge is -2.40. The molecule has 0 radical (unpaired) electrons. The van der Waals surface area contributed by atoms with Crippen LogP contribution in [-0.4, -0.2) is 170 Å². The van der Waals surface area contributed by atoms with Gasteiger partial charge >= 0.3 is 0 Å². The molecule has 2 fully saturated rings. The Hall–Kier alpha value is -5.88. The van der Waals surface area contributed by atoms with E-state index in [9.17, 15) is 43.8 Å². The number of alkyl halides is 2. The smallest absolute Gasteiger partial charge is 0.251 e. The molecule has 4 aliphatic rings. The second kappa shape index (κ2) is 30.1. The molecule has 8 N–H and O–H groups in total. The summed E-state index contributed by atoms with van der Waals surface area (Å²) in [7, 11) is 1.35. The SMILES string of the molecule is COc1cccc2c1C(=O)c1c(O)c3c(c(O)c1C2=O)CC(C(=O)NNC(=O)CCSCC(=O)NCCNC(=O)CCOCCOCCNC(=O)c1ccc2nc(CBr)c(CBr)nc2c1)C[C@@H]3O[C@H]1CC[C@H](O[C@@H]2COCCN2)[C@H](C)O1. The van der Waals surface area contributed by atoms with Gasteiger partial charge in [-0.2, -0.15) is 11.8 Å². The minimum Gasteiger partial charge on any atom is -0.507 e. The number of phenols is 2. The van der Waals surface area contributed by atoms with Crippen LogP contribution in [0.2, 0.25) is 0 Å². The number of nitrogens with zero attached hydrogens (tertiary/aromatic N) is 2. The molecule has 3 heterocycles. The van der Waals surface area contributed by atoms with Crippen LogP contribution in [0.4, 0.5) is 0 Å². The van der Waals surface area contributed by atoms with E-state index in [-0.39, 0.29) is 141 Å². The van der Waals surface area contributed by atoms with Gasteiger partial charge in [-0.05, 0) is 50.5 Å². The number of aromatic nitrogens is 2. The molecular weight excluding hydrogens is 1220 g/mol.